The minimum absolute atomic E-state index is 0.0483. The number of rotatable bonds is 6. The van der Waals surface area contributed by atoms with Crippen LogP contribution in [-0.4, -0.2) is 69.2 Å². The Labute approximate surface area is 220 Å². The first-order valence-corrected chi connectivity index (χ1v) is 14.0. The Morgan fingerprint density at radius 1 is 1.16 bits per heavy atom. The van der Waals surface area contributed by atoms with Gasteiger partial charge in [-0.2, -0.15) is 0 Å². The van der Waals surface area contributed by atoms with E-state index in [9.17, 15) is 17.6 Å². The number of anilines is 1. The Kier molecular flexibility index (Phi) is 8.56. The number of aryl methyl sites for hydroxylation is 2. The zero-order valence-corrected chi connectivity index (χ0v) is 23.6. The third-order valence-electron chi connectivity index (χ3n) is 6.70. The zero-order valence-electron chi connectivity index (χ0n) is 22.8. The van der Waals surface area contributed by atoms with Gasteiger partial charge in [0.05, 0.1) is 10.9 Å². The number of nitrogens with zero attached hydrogens (tertiary/aromatic N) is 3. The van der Waals surface area contributed by atoms with Crippen LogP contribution in [0.2, 0.25) is 0 Å². The summed E-state index contributed by atoms with van der Waals surface area (Å²) >= 11 is 0. The van der Waals surface area contributed by atoms with Crippen molar-refractivity contribution in [1.82, 2.24) is 9.80 Å². The van der Waals surface area contributed by atoms with Gasteiger partial charge in [0.25, 0.3) is 0 Å². The molecule has 1 heterocycles. The topological polar surface area (TPSA) is 96.2 Å². The molecule has 1 fully saturated rings. The van der Waals surface area contributed by atoms with E-state index in [1.807, 2.05) is 52.6 Å². The summed E-state index contributed by atoms with van der Waals surface area (Å²) in [6.45, 7) is 13.5. The highest BCUT2D eigenvalue weighted by Crippen LogP contribution is 2.32. The summed E-state index contributed by atoms with van der Waals surface area (Å²) in [6, 6.07) is 9.74. The number of ether oxygens (including phenoxy) is 1. The number of sulfonamides is 1. The fraction of sp³-hybridized carbons (Fsp3) is 0.519. The van der Waals surface area contributed by atoms with Crippen LogP contribution in [0.3, 0.4) is 0 Å². The molecule has 8 nitrogen and oxygen atoms in total. The van der Waals surface area contributed by atoms with Crippen molar-refractivity contribution in [3.05, 3.63) is 58.9 Å². The average Bonchev–Trinajstić information content (AvgIpc) is 2.77. The number of nitrogens with two attached hydrogens (primary N) is 1. The van der Waals surface area contributed by atoms with E-state index in [1.54, 1.807) is 36.1 Å². The molecule has 0 spiro atoms. The van der Waals surface area contributed by atoms with Gasteiger partial charge >= 0.3 is 6.09 Å². The van der Waals surface area contributed by atoms with Gasteiger partial charge in [-0.25, -0.2) is 22.7 Å². The standard InChI is InChI=1S/C27H39FN4O4S/c1-18-8-9-21(15-23(18)28)25(30(7)24-11-10-22(14-19(24)2)37(29,34)35)17-31-12-13-32(20(3)16-31)26(33)36-27(4,5)6/h8-11,14-15,20,25H,12-13,16-17H2,1-7H3,(H2,29,34,35)/t20-,25?/m1/s1. The lowest BCUT2D eigenvalue weighted by Gasteiger charge is -2.43. The lowest BCUT2D eigenvalue weighted by atomic mass is 10.0. The number of primary sulfonamides is 1. The number of hydrogen-bond donors (Lipinski definition) is 1. The van der Waals surface area contributed by atoms with Gasteiger partial charge in [0.15, 0.2) is 0 Å². The average molecular weight is 535 g/mol. The molecule has 2 aromatic rings. The highest BCUT2D eigenvalue weighted by Gasteiger charge is 2.33. The zero-order chi connectivity index (χ0) is 27.7. The number of carbonyl (C=O) groups is 1. The molecule has 1 aliphatic heterocycles. The van der Waals surface area contributed by atoms with Crippen molar-refractivity contribution in [2.75, 3.05) is 38.1 Å². The number of carbonyl (C=O) groups excluding carboxylic acids is 1. The molecule has 3 rings (SSSR count). The van der Waals surface area contributed by atoms with Crippen molar-refractivity contribution in [3.8, 4) is 0 Å². The first-order valence-electron chi connectivity index (χ1n) is 12.4. The smallest absolute Gasteiger partial charge is 0.410 e. The van der Waals surface area contributed by atoms with E-state index >= 15 is 0 Å². The van der Waals surface area contributed by atoms with Crippen molar-refractivity contribution in [2.45, 2.75) is 64.1 Å². The predicted octanol–water partition coefficient (Wildman–Crippen LogP) is 4.21. The molecule has 1 aliphatic rings. The summed E-state index contributed by atoms with van der Waals surface area (Å²) in [5.74, 6) is -0.277. The molecule has 204 valence electrons. The number of benzene rings is 2. The Morgan fingerprint density at radius 2 is 1.84 bits per heavy atom. The van der Waals surface area contributed by atoms with Gasteiger partial charge in [-0.05, 0) is 82.5 Å². The molecule has 2 aromatic carbocycles. The van der Waals surface area contributed by atoms with E-state index in [1.165, 1.54) is 6.07 Å². The highest BCUT2D eigenvalue weighted by molar-refractivity contribution is 7.89. The van der Waals surface area contributed by atoms with Crippen LogP contribution in [0, 0.1) is 19.7 Å². The van der Waals surface area contributed by atoms with Gasteiger partial charge in [0.2, 0.25) is 10.0 Å². The van der Waals surface area contributed by atoms with E-state index < -0.39 is 15.6 Å². The lowest BCUT2D eigenvalue weighted by Crippen LogP contribution is -2.56. The van der Waals surface area contributed by atoms with E-state index in [2.05, 4.69) is 4.90 Å². The van der Waals surface area contributed by atoms with E-state index in [-0.39, 0.29) is 28.9 Å². The molecule has 0 saturated carbocycles. The summed E-state index contributed by atoms with van der Waals surface area (Å²) in [6.07, 6.45) is -0.320. The molecular formula is C27H39FN4O4S. The summed E-state index contributed by atoms with van der Waals surface area (Å²) < 4.78 is 43.8. The van der Waals surface area contributed by atoms with Gasteiger partial charge in [0.1, 0.15) is 11.4 Å². The molecule has 0 aromatic heterocycles. The minimum Gasteiger partial charge on any atom is -0.444 e. The Balaban J connectivity index is 1.87. The Hall–Kier alpha value is -2.69. The molecule has 2 N–H and O–H groups in total. The summed E-state index contributed by atoms with van der Waals surface area (Å²) in [4.78, 5) is 18.8. The second kappa shape index (κ2) is 11.0. The first kappa shape index (κ1) is 28.9. The molecule has 1 amide bonds. The van der Waals surface area contributed by atoms with Gasteiger partial charge in [-0.15, -0.1) is 0 Å². The van der Waals surface area contributed by atoms with Crippen LogP contribution in [0.1, 0.15) is 50.4 Å². The maximum absolute atomic E-state index is 14.6. The highest BCUT2D eigenvalue weighted by atomic mass is 32.2. The molecule has 10 heteroatoms. The molecule has 0 bridgehead atoms. The first-order chi connectivity index (χ1) is 17.1. The molecule has 37 heavy (non-hydrogen) atoms. The molecule has 0 aliphatic carbocycles. The third kappa shape index (κ3) is 7.21. The normalized spacial score (nSPS) is 18.0. The summed E-state index contributed by atoms with van der Waals surface area (Å²) in [7, 11) is -1.90. The maximum atomic E-state index is 14.6. The van der Waals surface area contributed by atoms with E-state index in [0.717, 1.165) is 16.8 Å². The molecular weight excluding hydrogens is 495 g/mol. The number of likely N-dealkylation sites (N-methyl/N-ethyl adjacent to an activating group) is 1. The van der Waals surface area contributed by atoms with Gasteiger partial charge in [0, 0.05) is 45.0 Å². The maximum Gasteiger partial charge on any atom is 0.410 e. The minimum atomic E-state index is -3.82. The van der Waals surface area contributed by atoms with Crippen LogP contribution in [0.4, 0.5) is 14.9 Å². The third-order valence-corrected chi connectivity index (χ3v) is 7.61. The number of amides is 1. The van der Waals surface area contributed by atoms with Crippen molar-refractivity contribution in [1.29, 1.82) is 0 Å². The molecule has 1 unspecified atom stereocenters. The van der Waals surface area contributed by atoms with E-state index in [0.29, 0.717) is 31.7 Å². The van der Waals surface area contributed by atoms with Crippen molar-refractivity contribution < 1.29 is 22.3 Å². The van der Waals surface area contributed by atoms with Crippen LogP contribution >= 0.6 is 0 Å². The molecule has 1 saturated heterocycles. The van der Waals surface area contributed by atoms with Gasteiger partial charge in [-0.3, -0.25) is 4.90 Å². The number of hydrogen-bond acceptors (Lipinski definition) is 6. The van der Waals surface area contributed by atoms with Crippen molar-refractivity contribution in [3.63, 3.8) is 0 Å². The van der Waals surface area contributed by atoms with Crippen LogP contribution in [-0.2, 0) is 14.8 Å². The number of piperazine rings is 1. The van der Waals surface area contributed by atoms with Gasteiger partial charge in [-0.1, -0.05) is 12.1 Å². The fourth-order valence-electron chi connectivity index (χ4n) is 4.67. The van der Waals surface area contributed by atoms with Gasteiger partial charge < -0.3 is 14.5 Å². The van der Waals surface area contributed by atoms with Crippen LogP contribution in [0.15, 0.2) is 41.3 Å². The number of halogens is 1. The predicted molar refractivity (Wildman–Crippen MR) is 144 cm³/mol. The van der Waals surface area contributed by atoms with Crippen LogP contribution in [0.5, 0.6) is 0 Å². The second-order valence-corrected chi connectivity index (χ2v) is 12.5. The van der Waals surface area contributed by atoms with Crippen molar-refractivity contribution >= 4 is 21.8 Å². The Bertz CT molecular complexity index is 1250. The SMILES string of the molecule is Cc1ccc(C(CN2CCN(C(=O)OC(C)(C)C)[C@H](C)C2)N(C)c2ccc(S(N)(=O)=O)cc2C)cc1F. The monoisotopic (exact) mass is 534 g/mol. The van der Waals surface area contributed by atoms with Crippen LogP contribution < -0.4 is 10.0 Å². The molecule has 0 radical (unpaired) electrons. The lowest BCUT2D eigenvalue weighted by molar-refractivity contribution is 0.000841. The molecule has 2 atom stereocenters. The van der Waals surface area contributed by atoms with Crippen LogP contribution in [0.25, 0.3) is 0 Å². The fourth-order valence-corrected chi connectivity index (χ4v) is 5.27. The van der Waals surface area contributed by atoms with Crippen molar-refractivity contribution in [2.24, 2.45) is 5.14 Å². The quantitative estimate of drug-likeness (QED) is 0.597. The largest absolute Gasteiger partial charge is 0.444 e. The summed E-state index contributed by atoms with van der Waals surface area (Å²) in [5.41, 5.74) is 2.38. The summed E-state index contributed by atoms with van der Waals surface area (Å²) in [5, 5.41) is 5.31. The van der Waals surface area contributed by atoms with E-state index in [4.69, 9.17) is 9.88 Å². The second-order valence-electron chi connectivity index (χ2n) is 10.9. The Morgan fingerprint density at radius 3 is 2.38 bits per heavy atom.